The van der Waals surface area contributed by atoms with Gasteiger partial charge in [0, 0.05) is 22.0 Å². The molecule has 0 aliphatic heterocycles. The lowest BCUT2D eigenvalue weighted by molar-refractivity contribution is 1.01. The van der Waals surface area contributed by atoms with Gasteiger partial charge in [-0.15, -0.1) is 11.3 Å². The number of benzene rings is 1. The molecule has 0 aliphatic carbocycles. The second kappa shape index (κ2) is 4.61. The number of rotatable bonds is 2. The van der Waals surface area contributed by atoms with Crippen LogP contribution in [-0.4, -0.2) is 4.98 Å². The minimum Gasteiger partial charge on any atom is -0.325 e. The standard InChI is InChI=1S/C10H8BrClN2S/c11-6-1-2-9(12)8(3-6)10-14-7(4-13)5-15-10/h1-3,5H,4,13H2. The lowest BCUT2D eigenvalue weighted by atomic mass is 10.2. The Balaban J connectivity index is 2.48. The average Bonchev–Trinajstić information content (AvgIpc) is 2.70. The van der Waals surface area contributed by atoms with Gasteiger partial charge in [0.15, 0.2) is 0 Å². The van der Waals surface area contributed by atoms with E-state index in [1.807, 2.05) is 23.6 Å². The lowest BCUT2D eigenvalue weighted by Crippen LogP contribution is -1.95. The van der Waals surface area contributed by atoms with Crippen molar-refractivity contribution < 1.29 is 0 Å². The molecule has 15 heavy (non-hydrogen) atoms. The fourth-order valence-electron chi connectivity index (χ4n) is 1.19. The van der Waals surface area contributed by atoms with Gasteiger partial charge in [-0.3, -0.25) is 0 Å². The Morgan fingerprint density at radius 2 is 2.27 bits per heavy atom. The van der Waals surface area contributed by atoms with Crippen molar-refractivity contribution in [1.29, 1.82) is 0 Å². The molecule has 1 aromatic heterocycles. The highest BCUT2D eigenvalue weighted by atomic mass is 79.9. The van der Waals surface area contributed by atoms with E-state index in [9.17, 15) is 0 Å². The van der Waals surface area contributed by atoms with Crippen LogP contribution in [0.3, 0.4) is 0 Å². The van der Waals surface area contributed by atoms with Gasteiger partial charge in [-0.05, 0) is 18.2 Å². The summed E-state index contributed by atoms with van der Waals surface area (Å²) >= 11 is 11.1. The maximum absolute atomic E-state index is 6.10. The van der Waals surface area contributed by atoms with Gasteiger partial charge in [0.25, 0.3) is 0 Å². The summed E-state index contributed by atoms with van der Waals surface area (Å²) in [5, 5.41) is 3.56. The lowest BCUT2D eigenvalue weighted by Gasteiger charge is -2.00. The number of aromatic nitrogens is 1. The van der Waals surface area contributed by atoms with Gasteiger partial charge >= 0.3 is 0 Å². The zero-order valence-electron chi connectivity index (χ0n) is 7.71. The summed E-state index contributed by atoms with van der Waals surface area (Å²) in [6.45, 7) is 0.460. The molecule has 0 amide bonds. The first-order valence-electron chi connectivity index (χ1n) is 4.30. The van der Waals surface area contributed by atoms with Gasteiger partial charge in [0.05, 0.1) is 10.7 Å². The summed E-state index contributed by atoms with van der Waals surface area (Å²) in [5.41, 5.74) is 7.35. The van der Waals surface area contributed by atoms with Crippen LogP contribution in [0.2, 0.25) is 5.02 Å². The van der Waals surface area contributed by atoms with E-state index < -0.39 is 0 Å². The van der Waals surface area contributed by atoms with Gasteiger partial charge in [-0.1, -0.05) is 27.5 Å². The highest BCUT2D eigenvalue weighted by molar-refractivity contribution is 9.10. The van der Waals surface area contributed by atoms with E-state index >= 15 is 0 Å². The van der Waals surface area contributed by atoms with Crippen LogP contribution in [0.4, 0.5) is 0 Å². The molecule has 2 aromatic rings. The molecule has 0 spiro atoms. The molecule has 78 valence electrons. The molecule has 2 rings (SSSR count). The molecule has 0 fully saturated rings. The second-order valence-electron chi connectivity index (χ2n) is 2.97. The van der Waals surface area contributed by atoms with E-state index in [4.69, 9.17) is 17.3 Å². The highest BCUT2D eigenvalue weighted by Crippen LogP contribution is 2.32. The van der Waals surface area contributed by atoms with E-state index in [0.717, 1.165) is 20.7 Å². The number of nitrogens with two attached hydrogens (primary N) is 1. The summed E-state index contributed by atoms with van der Waals surface area (Å²) in [5.74, 6) is 0. The van der Waals surface area contributed by atoms with Crippen LogP contribution in [0.25, 0.3) is 10.6 Å². The predicted molar refractivity (Wildman–Crippen MR) is 68.2 cm³/mol. The van der Waals surface area contributed by atoms with E-state index in [0.29, 0.717) is 11.6 Å². The third-order valence-corrected chi connectivity index (χ3v) is 3.67. The van der Waals surface area contributed by atoms with Crippen LogP contribution in [0.1, 0.15) is 5.69 Å². The largest absolute Gasteiger partial charge is 0.325 e. The van der Waals surface area contributed by atoms with Crippen molar-refractivity contribution in [2.24, 2.45) is 5.73 Å². The zero-order chi connectivity index (χ0) is 10.8. The molecular formula is C10H8BrClN2S. The number of nitrogens with zero attached hydrogens (tertiary/aromatic N) is 1. The third-order valence-electron chi connectivity index (χ3n) is 1.92. The first-order valence-corrected chi connectivity index (χ1v) is 6.35. The number of thiazole rings is 1. The monoisotopic (exact) mass is 302 g/mol. The Morgan fingerprint density at radius 1 is 1.47 bits per heavy atom. The number of hydrogen-bond donors (Lipinski definition) is 1. The number of hydrogen-bond acceptors (Lipinski definition) is 3. The molecule has 5 heteroatoms. The van der Waals surface area contributed by atoms with E-state index in [1.165, 1.54) is 0 Å². The van der Waals surface area contributed by atoms with Crippen LogP contribution < -0.4 is 5.73 Å². The molecule has 0 atom stereocenters. The molecule has 0 bridgehead atoms. The summed E-state index contributed by atoms with van der Waals surface area (Å²) in [4.78, 5) is 4.39. The second-order valence-corrected chi connectivity index (χ2v) is 5.15. The first kappa shape index (κ1) is 11.1. The van der Waals surface area contributed by atoms with Gasteiger partial charge in [0.2, 0.25) is 0 Å². The Labute approximate surface area is 105 Å². The summed E-state index contributed by atoms with van der Waals surface area (Å²) in [6.07, 6.45) is 0. The molecule has 1 aromatic carbocycles. The molecule has 0 unspecified atom stereocenters. The zero-order valence-corrected chi connectivity index (χ0v) is 10.9. The summed E-state index contributed by atoms with van der Waals surface area (Å²) in [6, 6.07) is 5.72. The Morgan fingerprint density at radius 3 is 2.93 bits per heavy atom. The Kier molecular flexibility index (Phi) is 3.41. The predicted octanol–water partition coefficient (Wildman–Crippen LogP) is 3.68. The maximum Gasteiger partial charge on any atom is 0.125 e. The van der Waals surface area contributed by atoms with Crippen LogP contribution >= 0.6 is 38.9 Å². The maximum atomic E-state index is 6.10. The Bertz CT molecular complexity index is 484. The molecule has 2 N–H and O–H groups in total. The minimum absolute atomic E-state index is 0.460. The van der Waals surface area contributed by atoms with E-state index in [2.05, 4.69) is 20.9 Å². The van der Waals surface area contributed by atoms with Crippen LogP contribution in [-0.2, 0) is 6.54 Å². The van der Waals surface area contributed by atoms with Gasteiger partial charge in [0.1, 0.15) is 5.01 Å². The highest BCUT2D eigenvalue weighted by Gasteiger charge is 2.08. The van der Waals surface area contributed by atoms with E-state index in [1.54, 1.807) is 11.3 Å². The normalized spacial score (nSPS) is 10.6. The summed E-state index contributed by atoms with van der Waals surface area (Å²) in [7, 11) is 0. The smallest absolute Gasteiger partial charge is 0.125 e. The summed E-state index contributed by atoms with van der Waals surface area (Å²) < 4.78 is 0.992. The fourth-order valence-corrected chi connectivity index (χ4v) is 2.67. The minimum atomic E-state index is 0.460. The van der Waals surface area contributed by atoms with Gasteiger partial charge in [-0.25, -0.2) is 4.98 Å². The number of halogens is 2. The fraction of sp³-hybridized carbons (Fsp3) is 0.100. The van der Waals surface area contributed by atoms with Crippen molar-refractivity contribution in [3.8, 4) is 10.6 Å². The molecule has 0 saturated heterocycles. The molecule has 0 saturated carbocycles. The molecule has 2 nitrogen and oxygen atoms in total. The average molecular weight is 304 g/mol. The van der Waals surface area contributed by atoms with Crippen molar-refractivity contribution in [2.45, 2.75) is 6.54 Å². The third kappa shape index (κ3) is 2.39. The van der Waals surface area contributed by atoms with Crippen molar-refractivity contribution >= 4 is 38.9 Å². The van der Waals surface area contributed by atoms with Crippen LogP contribution in [0, 0.1) is 0 Å². The van der Waals surface area contributed by atoms with Crippen molar-refractivity contribution in [3.05, 3.63) is 38.8 Å². The van der Waals surface area contributed by atoms with Crippen LogP contribution in [0.5, 0.6) is 0 Å². The molecular weight excluding hydrogens is 296 g/mol. The molecule has 0 radical (unpaired) electrons. The molecule has 1 heterocycles. The van der Waals surface area contributed by atoms with Crippen LogP contribution in [0.15, 0.2) is 28.1 Å². The van der Waals surface area contributed by atoms with Gasteiger partial charge < -0.3 is 5.73 Å². The first-order chi connectivity index (χ1) is 7.20. The van der Waals surface area contributed by atoms with Crippen molar-refractivity contribution in [1.82, 2.24) is 4.98 Å². The quantitative estimate of drug-likeness (QED) is 0.919. The SMILES string of the molecule is NCc1csc(-c2cc(Br)ccc2Cl)n1. The van der Waals surface area contributed by atoms with Crippen molar-refractivity contribution in [3.63, 3.8) is 0 Å². The van der Waals surface area contributed by atoms with Crippen molar-refractivity contribution in [2.75, 3.05) is 0 Å². The van der Waals surface area contributed by atoms with E-state index in [-0.39, 0.29) is 0 Å². The van der Waals surface area contributed by atoms with Gasteiger partial charge in [-0.2, -0.15) is 0 Å². The Hall–Kier alpha value is -0.420. The molecule has 0 aliphatic rings. The topological polar surface area (TPSA) is 38.9 Å².